The fraction of sp³-hybridized carbons (Fsp3) is 0.308. The van der Waals surface area contributed by atoms with Gasteiger partial charge in [0.25, 0.3) is 0 Å². The highest BCUT2D eigenvalue weighted by Crippen LogP contribution is 2.43. The van der Waals surface area contributed by atoms with Crippen LogP contribution in [0.25, 0.3) is 11.3 Å². The molecule has 1 heterocycles. The molecular formula is C13H14N2O2. The summed E-state index contributed by atoms with van der Waals surface area (Å²) in [5, 5.41) is 3.71. The van der Waals surface area contributed by atoms with Gasteiger partial charge in [-0.3, -0.25) is 0 Å². The van der Waals surface area contributed by atoms with Crippen LogP contribution in [0.15, 0.2) is 28.8 Å². The summed E-state index contributed by atoms with van der Waals surface area (Å²) in [6.45, 7) is 0. The normalized spacial score (nSPS) is 14.9. The van der Waals surface area contributed by atoms with Crippen LogP contribution in [-0.2, 0) is 0 Å². The number of anilines is 1. The van der Waals surface area contributed by atoms with Crippen LogP contribution in [0.5, 0.6) is 5.75 Å². The van der Waals surface area contributed by atoms with Crippen molar-refractivity contribution in [2.75, 3.05) is 12.8 Å². The Morgan fingerprint density at radius 3 is 2.76 bits per heavy atom. The first-order chi connectivity index (χ1) is 8.28. The van der Waals surface area contributed by atoms with Gasteiger partial charge < -0.3 is 15.0 Å². The quantitative estimate of drug-likeness (QED) is 0.880. The van der Waals surface area contributed by atoms with Crippen molar-refractivity contribution in [1.29, 1.82) is 0 Å². The molecule has 0 unspecified atom stereocenters. The number of nitrogens with two attached hydrogens (primary N) is 1. The zero-order valence-corrected chi connectivity index (χ0v) is 9.64. The van der Waals surface area contributed by atoms with Crippen LogP contribution in [0.1, 0.15) is 24.3 Å². The van der Waals surface area contributed by atoms with Gasteiger partial charge in [0.1, 0.15) is 5.75 Å². The number of ether oxygens (including phenoxy) is 1. The van der Waals surface area contributed by atoms with Crippen LogP contribution in [0.3, 0.4) is 0 Å². The molecule has 0 atom stereocenters. The van der Waals surface area contributed by atoms with E-state index < -0.39 is 0 Å². The molecule has 0 bridgehead atoms. The molecule has 2 N–H and O–H groups in total. The molecule has 1 aromatic carbocycles. The minimum Gasteiger partial charge on any atom is -0.496 e. The summed E-state index contributed by atoms with van der Waals surface area (Å²) in [7, 11) is 1.65. The van der Waals surface area contributed by atoms with Gasteiger partial charge in [-0.2, -0.15) is 0 Å². The molecule has 0 amide bonds. The van der Waals surface area contributed by atoms with E-state index in [0.717, 1.165) is 11.3 Å². The van der Waals surface area contributed by atoms with Crippen LogP contribution in [-0.4, -0.2) is 12.3 Å². The lowest BCUT2D eigenvalue weighted by molar-refractivity contribution is 0.407. The number of nitrogens with zero attached hydrogens (tertiary/aromatic N) is 1. The molecule has 0 spiro atoms. The standard InChI is InChI=1S/C13H14N2O2/c1-16-11-5-4-9(8-2-3-8)6-10(11)12-7-13(14)15-17-12/h4-8H,2-3H2,1H3,(H2,14,15). The van der Waals surface area contributed by atoms with Crippen molar-refractivity contribution in [1.82, 2.24) is 5.16 Å². The summed E-state index contributed by atoms with van der Waals surface area (Å²) < 4.78 is 10.5. The van der Waals surface area contributed by atoms with Crippen molar-refractivity contribution in [2.45, 2.75) is 18.8 Å². The third kappa shape index (κ3) is 1.86. The van der Waals surface area contributed by atoms with Gasteiger partial charge in [-0.05, 0) is 36.5 Å². The lowest BCUT2D eigenvalue weighted by Crippen LogP contribution is -1.89. The van der Waals surface area contributed by atoms with Gasteiger partial charge in [-0.15, -0.1) is 0 Å². The molecule has 1 aliphatic rings. The van der Waals surface area contributed by atoms with Gasteiger partial charge in [0, 0.05) is 6.07 Å². The zero-order chi connectivity index (χ0) is 11.8. The van der Waals surface area contributed by atoms with Crippen molar-refractivity contribution in [3.63, 3.8) is 0 Å². The highest BCUT2D eigenvalue weighted by molar-refractivity contribution is 5.68. The second kappa shape index (κ2) is 3.80. The van der Waals surface area contributed by atoms with Crippen LogP contribution < -0.4 is 10.5 Å². The minimum absolute atomic E-state index is 0.388. The highest BCUT2D eigenvalue weighted by atomic mass is 16.5. The molecule has 0 saturated heterocycles. The largest absolute Gasteiger partial charge is 0.496 e. The zero-order valence-electron chi connectivity index (χ0n) is 9.64. The van der Waals surface area contributed by atoms with Gasteiger partial charge in [0.05, 0.1) is 12.7 Å². The van der Waals surface area contributed by atoms with E-state index in [1.54, 1.807) is 13.2 Å². The Balaban J connectivity index is 2.08. The fourth-order valence-electron chi connectivity index (χ4n) is 2.00. The second-order valence-corrected chi connectivity index (χ2v) is 4.35. The lowest BCUT2D eigenvalue weighted by atomic mass is 10.0. The number of methoxy groups -OCH3 is 1. The third-order valence-corrected chi connectivity index (χ3v) is 3.07. The van der Waals surface area contributed by atoms with E-state index >= 15 is 0 Å². The fourth-order valence-corrected chi connectivity index (χ4v) is 2.00. The molecule has 3 rings (SSSR count). The van der Waals surface area contributed by atoms with E-state index in [-0.39, 0.29) is 0 Å². The maximum absolute atomic E-state index is 5.57. The van der Waals surface area contributed by atoms with Gasteiger partial charge in [-0.25, -0.2) is 0 Å². The average molecular weight is 230 g/mol. The van der Waals surface area contributed by atoms with E-state index in [9.17, 15) is 0 Å². The van der Waals surface area contributed by atoms with Crippen LogP contribution in [0.4, 0.5) is 5.82 Å². The molecule has 1 aromatic heterocycles. The summed E-state index contributed by atoms with van der Waals surface area (Å²) in [4.78, 5) is 0. The third-order valence-electron chi connectivity index (χ3n) is 3.07. The molecule has 1 aliphatic carbocycles. The Labute approximate surface area is 99.4 Å². The number of hydrogen-bond acceptors (Lipinski definition) is 4. The Bertz CT molecular complexity index is 544. The van der Waals surface area contributed by atoms with Gasteiger partial charge >= 0.3 is 0 Å². The summed E-state index contributed by atoms with van der Waals surface area (Å²) in [6, 6.07) is 7.91. The number of hydrogen-bond donors (Lipinski definition) is 1. The van der Waals surface area contributed by atoms with E-state index in [0.29, 0.717) is 17.5 Å². The van der Waals surface area contributed by atoms with E-state index in [1.807, 2.05) is 6.07 Å². The highest BCUT2D eigenvalue weighted by Gasteiger charge is 2.25. The van der Waals surface area contributed by atoms with Gasteiger partial charge in [-0.1, -0.05) is 11.2 Å². The summed E-state index contributed by atoms with van der Waals surface area (Å²) >= 11 is 0. The number of rotatable bonds is 3. The lowest BCUT2D eigenvalue weighted by Gasteiger charge is -2.07. The maximum Gasteiger partial charge on any atom is 0.172 e. The number of nitrogen functional groups attached to an aromatic ring is 1. The molecule has 4 nitrogen and oxygen atoms in total. The molecule has 1 fully saturated rings. The summed E-state index contributed by atoms with van der Waals surface area (Å²) in [5.41, 5.74) is 7.82. The van der Waals surface area contributed by atoms with Crippen molar-refractivity contribution in [3.8, 4) is 17.1 Å². The predicted octanol–water partition coefficient (Wildman–Crippen LogP) is 2.81. The smallest absolute Gasteiger partial charge is 0.172 e. The number of aromatic nitrogens is 1. The number of benzene rings is 1. The Morgan fingerprint density at radius 1 is 1.35 bits per heavy atom. The molecule has 88 valence electrons. The Kier molecular flexibility index (Phi) is 2.28. The molecule has 2 aromatic rings. The van der Waals surface area contributed by atoms with Crippen LogP contribution >= 0.6 is 0 Å². The van der Waals surface area contributed by atoms with Crippen molar-refractivity contribution < 1.29 is 9.26 Å². The molecular weight excluding hydrogens is 216 g/mol. The Hall–Kier alpha value is -1.97. The first-order valence-electron chi connectivity index (χ1n) is 5.68. The van der Waals surface area contributed by atoms with Crippen molar-refractivity contribution >= 4 is 5.82 Å². The van der Waals surface area contributed by atoms with Crippen LogP contribution in [0, 0.1) is 0 Å². The molecule has 0 radical (unpaired) electrons. The summed E-state index contributed by atoms with van der Waals surface area (Å²) in [5.74, 6) is 2.52. The molecule has 1 saturated carbocycles. The first kappa shape index (κ1) is 10.2. The van der Waals surface area contributed by atoms with Crippen LogP contribution in [0.2, 0.25) is 0 Å². The SMILES string of the molecule is COc1ccc(C2CC2)cc1-c1cc(N)no1. The van der Waals surface area contributed by atoms with E-state index in [4.69, 9.17) is 15.0 Å². The summed E-state index contributed by atoms with van der Waals surface area (Å²) in [6.07, 6.45) is 2.54. The minimum atomic E-state index is 0.388. The maximum atomic E-state index is 5.57. The molecule has 4 heteroatoms. The molecule has 0 aliphatic heterocycles. The average Bonchev–Trinajstić information content (AvgIpc) is 3.11. The van der Waals surface area contributed by atoms with Crippen molar-refractivity contribution in [2.24, 2.45) is 0 Å². The molecule has 17 heavy (non-hydrogen) atoms. The predicted molar refractivity (Wildman–Crippen MR) is 64.9 cm³/mol. The topological polar surface area (TPSA) is 61.3 Å². The van der Waals surface area contributed by atoms with Gasteiger partial charge in [0.15, 0.2) is 11.6 Å². The van der Waals surface area contributed by atoms with E-state index in [2.05, 4.69) is 17.3 Å². The van der Waals surface area contributed by atoms with E-state index in [1.165, 1.54) is 18.4 Å². The van der Waals surface area contributed by atoms with Crippen molar-refractivity contribution in [3.05, 3.63) is 29.8 Å². The first-order valence-corrected chi connectivity index (χ1v) is 5.68. The second-order valence-electron chi connectivity index (χ2n) is 4.35. The monoisotopic (exact) mass is 230 g/mol. The van der Waals surface area contributed by atoms with Gasteiger partial charge in [0.2, 0.25) is 0 Å². The Morgan fingerprint density at radius 2 is 2.18 bits per heavy atom.